The number of allylic oxidation sites excluding steroid dienone is 4. The van der Waals surface area contributed by atoms with Crippen LogP contribution in [-0.4, -0.2) is 0 Å². The van der Waals surface area contributed by atoms with E-state index in [1.807, 2.05) is 0 Å². The molecule has 0 saturated heterocycles. The van der Waals surface area contributed by atoms with Crippen LogP contribution in [0.5, 0.6) is 0 Å². The van der Waals surface area contributed by atoms with Crippen LogP contribution in [0.3, 0.4) is 0 Å². The largest absolute Gasteiger partial charge is 0.0622 e. The van der Waals surface area contributed by atoms with Gasteiger partial charge in [0, 0.05) is 4.47 Å². The highest BCUT2D eigenvalue weighted by atomic mass is 79.9. The van der Waals surface area contributed by atoms with Gasteiger partial charge in [0.1, 0.15) is 0 Å². The lowest BCUT2D eigenvalue weighted by atomic mass is 9.96. The predicted molar refractivity (Wildman–Crippen MR) is 106 cm³/mol. The molecule has 4 rings (SSSR count). The van der Waals surface area contributed by atoms with Crippen LogP contribution >= 0.6 is 15.9 Å². The Labute approximate surface area is 151 Å². The van der Waals surface area contributed by atoms with E-state index < -0.39 is 0 Å². The van der Waals surface area contributed by atoms with Gasteiger partial charge in [-0.2, -0.15) is 0 Å². The molecule has 0 aliphatic heterocycles. The molecular weight excluding hydrogens is 356 g/mol. The van der Waals surface area contributed by atoms with E-state index in [2.05, 4.69) is 107 Å². The molecule has 0 radical (unpaired) electrons. The molecule has 0 nitrogen and oxygen atoms in total. The Kier molecular flexibility index (Phi) is 4.18. The summed E-state index contributed by atoms with van der Waals surface area (Å²) in [6.07, 6.45) is 3.32. The van der Waals surface area contributed by atoms with Crippen LogP contribution in [0, 0.1) is 0 Å². The first-order valence-corrected chi connectivity index (χ1v) is 8.91. The maximum Gasteiger partial charge on any atom is 0.0175 e. The van der Waals surface area contributed by atoms with Crippen LogP contribution in [0.1, 0.15) is 23.1 Å². The maximum absolute atomic E-state index is 3.52. The monoisotopic (exact) mass is 372 g/mol. The molecule has 0 heterocycles. The third-order valence-electron chi connectivity index (χ3n) is 4.43. The molecule has 1 aliphatic carbocycles. The predicted octanol–water partition coefficient (Wildman–Crippen LogP) is 6.85. The Hall–Kier alpha value is -2.38. The summed E-state index contributed by atoms with van der Waals surface area (Å²) in [5.74, 6) is 0. The van der Waals surface area contributed by atoms with Crippen LogP contribution in [-0.2, 0) is 0 Å². The average Bonchev–Trinajstić information content (AvgIpc) is 3.09. The summed E-state index contributed by atoms with van der Waals surface area (Å²) >= 11 is 3.52. The Morgan fingerprint density at radius 2 is 1.17 bits per heavy atom. The van der Waals surface area contributed by atoms with Crippen LogP contribution in [0.4, 0.5) is 0 Å². The van der Waals surface area contributed by atoms with E-state index in [1.165, 1.54) is 33.4 Å². The second kappa shape index (κ2) is 6.62. The van der Waals surface area contributed by atoms with Crippen molar-refractivity contribution in [3.05, 3.63) is 112 Å². The summed E-state index contributed by atoms with van der Waals surface area (Å²) in [6, 6.07) is 30.0. The molecule has 1 aliphatic rings. The molecule has 0 bridgehead atoms. The topological polar surface area (TPSA) is 0 Å². The van der Waals surface area contributed by atoms with Gasteiger partial charge in [-0.15, -0.1) is 0 Å². The zero-order valence-corrected chi connectivity index (χ0v) is 14.8. The second-order valence-electron chi connectivity index (χ2n) is 5.98. The van der Waals surface area contributed by atoms with Gasteiger partial charge in [-0.05, 0) is 58.0 Å². The van der Waals surface area contributed by atoms with Crippen molar-refractivity contribution in [2.75, 3.05) is 0 Å². The lowest BCUT2D eigenvalue weighted by Gasteiger charge is -2.08. The average molecular weight is 373 g/mol. The van der Waals surface area contributed by atoms with Gasteiger partial charge in [-0.25, -0.2) is 0 Å². The Balaban J connectivity index is 1.80. The zero-order valence-electron chi connectivity index (χ0n) is 13.2. The summed E-state index contributed by atoms with van der Waals surface area (Å²) in [6.45, 7) is 0. The van der Waals surface area contributed by atoms with E-state index in [-0.39, 0.29) is 0 Å². The molecular formula is C23H17Br. The summed E-state index contributed by atoms with van der Waals surface area (Å²) in [4.78, 5) is 0. The first kappa shape index (κ1) is 15.2. The number of hydrogen-bond acceptors (Lipinski definition) is 0. The Morgan fingerprint density at radius 3 is 1.79 bits per heavy atom. The number of hydrogen-bond donors (Lipinski definition) is 0. The van der Waals surface area contributed by atoms with Crippen LogP contribution in [0.15, 0.2) is 95.5 Å². The minimum Gasteiger partial charge on any atom is -0.0622 e. The van der Waals surface area contributed by atoms with Crippen molar-refractivity contribution in [3.63, 3.8) is 0 Å². The van der Waals surface area contributed by atoms with Crippen molar-refractivity contribution in [1.29, 1.82) is 0 Å². The highest BCUT2D eigenvalue weighted by Crippen LogP contribution is 2.42. The van der Waals surface area contributed by atoms with Crippen LogP contribution < -0.4 is 0 Å². The maximum atomic E-state index is 3.52. The molecule has 0 saturated carbocycles. The van der Waals surface area contributed by atoms with Crippen molar-refractivity contribution in [3.8, 4) is 0 Å². The molecule has 24 heavy (non-hydrogen) atoms. The first-order valence-electron chi connectivity index (χ1n) is 8.12. The van der Waals surface area contributed by atoms with E-state index in [4.69, 9.17) is 0 Å². The SMILES string of the molecule is Brc1ccc(C2=CC(c3ccccc3)=C(c3ccccc3)C2)cc1. The van der Waals surface area contributed by atoms with E-state index in [1.54, 1.807) is 0 Å². The summed E-state index contributed by atoms with van der Waals surface area (Å²) in [5.41, 5.74) is 7.99. The fraction of sp³-hybridized carbons (Fsp3) is 0.0435. The van der Waals surface area contributed by atoms with Gasteiger partial charge < -0.3 is 0 Å². The van der Waals surface area contributed by atoms with Gasteiger partial charge in [0.2, 0.25) is 0 Å². The third kappa shape index (κ3) is 3.00. The van der Waals surface area contributed by atoms with Gasteiger partial charge in [-0.1, -0.05) is 88.7 Å². The molecule has 1 heteroatoms. The molecule has 0 spiro atoms. The molecule has 0 unspecified atom stereocenters. The van der Waals surface area contributed by atoms with Crippen LogP contribution in [0.25, 0.3) is 16.7 Å². The van der Waals surface area contributed by atoms with Gasteiger partial charge in [-0.3, -0.25) is 0 Å². The number of halogens is 1. The minimum absolute atomic E-state index is 0.968. The van der Waals surface area contributed by atoms with Crippen molar-refractivity contribution in [1.82, 2.24) is 0 Å². The van der Waals surface area contributed by atoms with E-state index in [0.29, 0.717) is 0 Å². The molecule has 0 N–H and O–H groups in total. The third-order valence-corrected chi connectivity index (χ3v) is 4.96. The van der Waals surface area contributed by atoms with E-state index in [9.17, 15) is 0 Å². The highest BCUT2D eigenvalue weighted by Gasteiger charge is 2.19. The van der Waals surface area contributed by atoms with Gasteiger partial charge >= 0.3 is 0 Å². The molecule has 0 fully saturated rings. The molecule has 116 valence electrons. The summed E-state index contributed by atoms with van der Waals surface area (Å²) in [5, 5.41) is 0. The normalized spacial score (nSPS) is 14.0. The van der Waals surface area contributed by atoms with Crippen molar-refractivity contribution in [2.24, 2.45) is 0 Å². The highest BCUT2D eigenvalue weighted by molar-refractivity contribution is 9.10. The lowest BCUT2D eigenvalue weighted by molar-refractivity contribution is 1.41. The van der Waals surface area contributed by atoms with Crippen LogP contribution in [0.2, 0.25) is 0 Å². The summed E-state index contributed by atoms with van der Waals surface area (Å²) < 4.78 is 1.12. The van der Waals surface area contributed by atoms with Crippen molar-refractivity contribution < 1.29 is 0 Å². The molecule has 3 aromatic carbocycles. The minimum atomic E-state index is 0.968. The number of rotatable bonds is 3. The molecule has 3 aromatic rings. The fourth-order valence-electron chi connectivity index (χ4n) is 3.22. The van der Waals surface area contributed by atoms with Crippen molar-refractivity contribution in [2.45, 2.75) is 6.42 Å². The van der Waals surface area contributed by atoms with E-state index in [0.717, 1.165) is 10.9 Å². The standard InChI is InChI=1S/C23H17Br/c24-21-13-11-17(12-14-21)20-15-22(18-7-3-1-4-8-18)23(16-20)19-9-5-2-6-10-19/h1-15H,16H2. The lowest BCUT2D eigenvalue weighted by Crippen LogP contribution is -1.87. The Morgan fingerprint density at radius 1 is 0.583 bits per heavy atom. The fourth-order valence-corrected chi connectivity index (χ4v) is 3.48. The van der Waals surface area contributed by atoms with E-state index >= 15 is 0 Å². The first-order chi connectivity index (χ1) is 11.8. The molecule has 0 amide bonds. The van der Waals surface area contributed by atoms with Gasteiger partial charge in [0.15, 0.2) is 0 Å². The summed E-state index contributed by atoms with van der Waals surface area (Å²) in [7, 11) is 0. The Bertz CT molecular complexity index is 901. The second-order valence-corrected chi connectivity index (χ2v) is 6.89. The smallest absolute Gasteiger partial charge is 0.0175 e. The van der Waals surface area contributed by atoms with Gasteiger partial charge in [0.25, 0.3) is 0 Å². The van der Waals surface area contributed by atoms with Gasteiger partial charge in [0.05, 0.1) is 0 Å². The van der Waals surface area contributed by atoms with Crippen molar-refractivity contribution >= 4 is 32.6 Å². The quantitative estimate of drug-likeness (QED) is 0.471. The number of benzene rings is 3. The molecule has 0 aromatic heterocycles. The zero-order chi connectivity index (χ0) is 16.4. The molecule has 0 atom stereocenters.